The van der Waals surface area contributed by atoms with Gasteiger partial charge in [-0.05, 0) is 59.4 Å². The minimum absolute atomic E-state index is 0.165. The molecule has 0 bridgehead atoms. The van der Waals surface area contributed by atoms with Crippen molar-refractivity contribution in [2.45, 2.75) is 84.3 Å². The van der Waals surface area contributed by atoms with Gasteiger partial charge < -0.3 is 4.90 Å². The Morgan fingerprint density at radius 1 is 1.08 bits per heavy atom. The Kier molecular flexibility index (Phi) is 6.19. The van der Waals surface area contributed by atoms with E-state index in [0.717, 1.165) is 19.3 Å². The predicted octanol–water partition coefficient (Wildman–Crippen LogP) is 4.44. The number of hydroxylamine groups is 2. The van der Waals surface area contributed by atoms with Crippen LogP contribution in [-0.4, -0.2) is 45.6 Å². The molecule has 0 spiro atoms. The zero-order valence-corrected chi connectivity index (χ0v) is 17.6. The Balaban J connectivity index is 2.25. The van der Waals surface area contributed by atoms with Gasteiger partial charge in [0.15, 0.2) is 0 Å². The fraction of sp³-hybridized carbons (Fsp3) is 0.682. The van der Waals surface area contributed by atoms with Crippen molar-refractivity contribution in [3.63, 3.8) is 0 Å². The van der Waals surface area contributed by atoms with E-state index in [2.05, 4.69) is 53.7 Å². The lowest BCUT2D eigenvalue weighted by Gasteiger charge is -2.58. The lowest BCUT2D eigenvalue weighted by molar-refractivity contribution is -0.291. The van der Waals surface area contributed by atoms with E-state index in [1.165, 1.54) is 5.56 Å². The van der Waals surface area contributed by atoms with E-state index in [0.29, 0.717) is 13.2 Å². The minimum atomic E-state index is -0.646. The van der Waals surface area contributed by atoms with Crippen LogP contribution < -0.4 is 0 Å². The van der Waals surface area contributed by atoms with Gasteiger partial charge in [0.25, 0.3) is 0 Å². The van der Waals surface area contributed by atoms with Gasteiger partial charge in [-0.3, -0.25) is 9.63 Å². The normalized spacial score (nSPS) is 27.8. The van der Waals surface area contributed by atoms with Crippen LogP contribution in [0.15, 0.2) is 30.3 Å². The van der Waals surface area contributed by atoms with Crippen LogP contribution in [0.1, 0.15) is 66.9 Å². The summed E-state index contributed by atoms with van der Waals surface area (Å²) in [6, 6.07) is 10.4. The first-order valence-electron chi connectivity index (χ1n) is 9.88. The predicted molar refractivity (Wildman–Crippen MR) is 107 cm³/mol. The van der Waals surface area contributed by atoms with E-state index in [9.17, 15) is 4.79 Å². The molecular formula is C22H36N2O2. The van der Waals surface area contributed by atoms with Gasteiger partial charge in [0.05, 0.1) is 12.1 Å². The van der Waals surface area contributed by atoms with Crippen molar-refractivity contribution in [2.24, 2.45) is 0 Å². The van der Waals surface area contributed by atoms with Crippen molar-refractivity contribution >= 4 is 5.91 Å². The fourth-order valence-electron chi connectivity index (χ4n) is 3.74. The maximum atomic E-state index is 13.4. The van der Waals surface area contributed by atoms with Crippen molar-refractivity contribution in [1.29, 1.82) is 0 Å². The Hall–Kier alpha value is -1.39. The number of hydrogen-bond acceptors (Lipinski definition) is 3. The summed E-state index contributed by atoms with van der Waals surface area (Å²) in [7, 11) is 0. The van der Waals surface area contributed by atoms with Crippen LogP contribution in [-0.2, 0) is 16.1 Å². The number of amides is 1. The Bertz CT molecular complexity index is 610. The maximum absolute atomic E-state index is 13.4. The molecular weight excluding hydrogens is 324 g/mol. The molecule has 2 rings (SSSR count). The second-order valence-corrected chi connectivity index (χ2v) is 8.90. The first-order chi connectivity index (χ1) is 12.1. The van der Waals surface area contributed by atoms with Crippen LogP contribution in [0.2, 0.25) is 0 Å². The van der Waals surface area contributed by atoms with Gasteiger partial charge in [-0.25, -0.2) is 0 Å². The fourth-order valence-corrected chi connectivity index (χ4v) is 3.74. The van der Waals surface area contributed by atoms with Crippen molar-refractivity contribution in [3.05, 3.63) is 35.9 Å². The minimum Gasteiger partial charge on any atom is -0.334 e. The van der Waals surface area contributed by atoms with E-state index >= 15 is 0 Å². The molecule has 1 fully saturated rings. The number of nitrogens with zero attached hydrogens (tertiary/aromatic N) is 2. The Morgan fingerprint density at radius 2 is 1.69 bits per heavy atom. The van der Waals surface area contributed by atoms with Crippen LogP contribution in [0.5, 0.6) is 0 Å². The molecule has 1 heterocycles. The van der Waals surface area contributed by atoms with E-state index in [1.807, 2.05) is 35.1 Å². The SMILES string of the molecule is CCC1(C)CN(C(C)(C)C)C(=O)C(C)(CC)N1OCCc1ccccc1. The number of carbonyl (C=O) groups is 1. The first-order valence-corrected chi connectivity index (χ1v) is 9.88. The third-order valence-electron chi connectivity index (χ3n) is 5.86. The topological polar surface area (TPSA) is 32.8 Å². The van der Waals surface area contributed by atoms with Crippen LogP contribution in [0.3, 0.4) is 0 Å². The van der Waals surface area contributed by atoms with Gasteiger partial charge in [-0.2, -0.15) is 5.06 Å². The monoisotopic (exact) mass is 360 g/mol. The van der Waals surface area contributed by atoms with Gasteiger partial charge >= 0.3 is 0 Å². The molecule has 1 aliphatic heterocycles. The maximum Gasteiger partial charge on any atom is 0.245 e. The summed E-state index contributed by atoms with van der Waals surface area (Å²) in [6.45, 7) is 16.1. The number of hydrogen-bond donors (Lipinski definition) is 0. The second kappa shape index (κ2) is 7.69. The van der Waals surface area contributed by atoms with Gasteiger partial charge in [-0.1, -0.05) is 44.2 Å². The second-order valence-electron chi connectivity index (χ2n) is 8.90. The van der Waals surface area contributed by atoms with E-state index in [4.69, 9.17) is 4.84 Å². The molecule has 1 saturated heterocycles. The molecule has 26 heavy (non-hydrogen) atoms. The summed E-state index contributed by atoms with van der Waals surface area (Å²) in [6.07, 6.45) is 2.49. The van der Waals surface area contributed by atoms with Gasteiger partial charge in [0.1, 0.15) is 5.54 Å². The number of carbonyl (C=O) groups excluding carboxylic acids is 1. The molecule has 2 atom stereocenters. The molecule has 0 aromatic heterocycles. The molecule has 1 aromatic rings. The van der Waals surface area contributed by atoms with E-state index in [-0.39, 0.29) is 17.0 Å². The Labute approximate surface area is 159 Å². The molecule has 0 aliphatic carbocycles. The summed E-state index contributed by atoms with van der Waals surface area (Å²) < 4.78 is 0. The summed E-state index contributed by atoms with van der Waals surface area (Å²) >= 11 is 0. The first kappa shape index (κ1) is 20.9. The summed E-state index contributed by atoms with van der Waals surface area (Å²) in [5, 5.41) is 2.02. The van der Waals surface area contributed by atoms with Gasteiger partial charge in [-0.15, -0.1) is 0 Å². The molecule has 1 aliphatic rings. The molecule has 4 heteroatoms. The lowest BCUT2D eigenvalue weighted by Crippen LogP contribution is -2.75. The molecule has 2 unspecified atom stereocenters. The largest absolute Gasteiger partial charge is 0.334 e. The summed E-state index contributed by atoms with van der Waals surface area (Å²) in [5.41, 5.74) is 0.207. The number of rotatable bonds is 6. The Morgan fingerprint density at radius 3 is 2.19 bits per heavy atom. The quantitative estimate of drug-likeness (QED) is 0.752. The number of piperazine rings is 1. The highest BCUT2D eigenvalue weighted by Gasteiger charge is 2.56. The van der Waals surface area contributed by atoms with Gasteiger partial charge in [0.2, 0.25) is 5.91 Å². The van der Waals surface area contributed by atoms with E-state index < -0.39 is 5.54 Å². The molecule has 146 valence electrons. The third-order valence-corrected chi connectivity index (χ3v) is 5.86. The summed E-state index contributed by atoms with van der Waals surface area (Å²) in [5.74, 6) is 0.165. The van der Waals surface area contributed by atoms with Crippen molar-refractivity contribution in [2.75, 3.05) is 13.2 Å². The highest BCUT2D eigenvalue weighted by Crippen LogP contribution is 2.40. The average molecular weight is 361 g/mol. The zero-order chi connectivity index (χ0) is 19.6. The molecule has 0 saturated carbocycles. The van der Waals surface area contributed by atoms with Crippen LogP contribution in [0.4, 0.5) is 0 Å². The standard InChI is InChI=1S/C22H36N2O2/c1-8-21(6)17-23(20(3,4)5)19(25)22(7,9-2)24(21)26-16-15-18-13-11-10-12-14-18/h10-14H,8-9,15-17H2,1-7H3. The smallest absolute Gasteiger partial charge is 0.245 e. The zero-order valence-electron chi connectivity index (χ0n) is 17.6. The molecule has 0 radical (unpaired) electrons. The van der Waals surface area contributed by atoms with Crippen LogP contribution in [0.25, 0.3) is 0 Å². The average Bonchev–Trinajstić information content (AvgIpc) is 2.61. The lowest BCUT2D eigenvalue weighted by atomic mass is 9.81. The van der Waals surface area contributed by atoms with Crippen molar-refractivity contribution in [3.8, 4) is 0 Å². The number of benzene rings is 1. The highest BCUT2D eigenvalue weighted by atomic mass is 16.7. The third kappa shape index (κ3) is 3.96. The van der Waals surface area contributed by atoms with Crippen LogP contribution in [0, 0.1) is 0 Å². The highest BCUT2D eigenvalue weighted by molar-refractivity contribution is 5.87. The van der Waals surface area contributed by atoms with Crippen LogP contribution >= 0.6 is 0 Å². The molecule has 0 N–H and O–H groups in total. The molecule has 1 amide bonds. The van der Waals surface area contributed by atoms with E-state index in [1.54, 1.807) is 0 Å². The molecule has 1 aromatic carbocycles. The van der Waals surface area contributed by atoms with Crippen molar-refractivity contribution < 1.29 is 9.63 Å². The van der Waals surface area contributed by atoms with Gasteiger partial charge in [0, 0.05) is 12.1 Å². The summed E-state index contributed by atoms with van der Waals surface area (Å²) in [4.78, 5) is 21.7. The molecule has 4 nitrogen and oxygen atoms in total. The van der Waals surface area contributed by atoms with Crippen molar-refractivity contribution in [1.82, 2.24) is 9.96 Å².